The third-order valence-electron chi connectivity index (χ3n) is 3.47. The van der Waals surface area contributed by atoms with E-state index in [1.807, 2.05) is 19.1 Å². The average Bonchev–Trinajstić information content (AvgIpc) is 2.27. The number of aromatic nitrogens is 1. The zero-order valence-corrected chi connectivity index (χ0v) is 10.5. The second-order valence-electron chi connectivity index (χ2n) is 4.79. The van der Waals surface area contributed by atoms with Crippen LogP contribution in [0.2, 0.25) is 0 Å². The summed E-state index contributed by atoms with van der Waals surface area (Å²) in [7, 11) is 1.66. The van der Waals surface area contributed by atoms with Crippen molar-refractivity contribution in [2.24, 2.45) is 0 Å². The van der Waals surface area contributed by atoms with Gasteiger partial charge in [0.15, 0.2) is 0 Å². The molecule has 1 aliphatic carbocycles. The van der Waals surface area contributed by atoms with Gasteiger partial charge < -0.3 is 15.2 Å². The van der Waals surface area contributed by atoms with Crippen molar-refractivity contribution in [3.05, 3.63) is 23.5 Å². The second kappa shape index (κ2) is 5.02. The van der Waals surface area contributed by atoms with E-state index in [1.54, 1.807) is 7.11 Å². The van der Waals surface area contributed by atoms with Crippen molar-refractivity contribution < 1.29 is 9.84 Å². The van der Waals surface area contributed by atoms with E-state index in [2.05, 4.69) is 10.3 Å². The summed E-state index contributed by atoms with van der Waals surface area (Å²) in [6, 6.07) is 3.85. The largest absolute Gasteiger partial charge is 0.497 e. The van der Waals surface area contributed by atoms with Crippen LogP contribution in [-0.2, 0) is 6.54 Å². The van der Waals surface area contributed by atoms with Gasteiger partial charge in [-0.3, -0.25) is 4.98 Å². The third-order valence-corrected chi connectivity index (χ3v) is 3.47. The number of methoxy groups -OCH3 is 1. The number of ether oxygens (including phenoxy) is 1. The third kappa shape index (κ3) is 2.76. The summed E-state index contributed by atoms with van der Waals surface area (Å²) >= 11 is 0. The Morgan fingerprint density at radius 1 is 1.47 bits per heavy atom. The Kier molecular flexibility index (Phi) is 3.64. The monoisotopic (exact) mass is 236 g/mol. The van der Waals surface area contributed by atoms with Crippen LogP contribution >= 0.6 is 0 Å². The fraction of sp³-hybridized carbons (Fsp3) is 0.615. The molecule has 2 N–H and O–H groups in total. The Morgan fingerprint density at radius 2 is 2.24 bits per heavy atom. The van der Waals surface area contributed by atoms with E-state index < -0.39 is 0 Å². The van der Waals surface area contributed by atoms with Crippen molar-refractivity contribution in [2.45, 2.75) is 38.3 Å². The summed E-state index contributed by atoms with van der Waals surface area (Å²) in [5.74, 6) is 0.834. The number of nitrogens with zero attached hydrogens (tertiary/aromatic N) is 1. The van der Waals surface area contributed by atoms with E-state index in [4.69, 9.17) is 4.74 Å². The number of aryl methyl sites for hydroxylation is 1. The molecule has 1 heterocycles. The van der Waals surface area contributed by atoms with Crippen LogP contribution in [0.1, 0.15) is 30.7 Å². The molecule has 0 bridgehead atoms. The minimum atomic E-state index is -0.0708. The van der Waals surface area contributed by atoms with E-state index in [0.717, 1.165) is 30.0 Å². The maximum absolute atomic E-state index is 9.36. The number of hydrogen-bond donors (Lipinski definition) is 2. The van der Waals surface area contributed by atoms with E-state index in [-0.39, 0.29) is 12.1 Å². The van der Waals surface area contributed by atoms with Gasteiger partial charge in [-0.25, -0.2) is 0 Å². The normalized spacial score (nSPS) is 17.6. The molecule has 1 aliphatic rings. The fourth-order valence-electron chi connectivity index (χ4n) is 2.18. The van der Waals surface area contributed by atoms with Crippen LogP contribution in [0, 0.1) is 6.92 Å². The predicted molar refractivity (Wildman–Crippen MR) is 66.0 cm³/mol. The minimum absolute atomic E-state index is 0.0708. The average molecular weight is 236 g/mol. The lowest BCUT2D eigenvalue weighted by Crippen LogP contribution is -2.53. The lowest BCUT2D eigenvalue weighted by atomic mass is 9.77. The maximum Gasteiger partial charge on any atom is 0.122 e. The summed E-state index contributed by atoms with van der Waals surface area (Å²) < 4.78 is 5.22. The first-order valence-corrected chi connectivity index (χ1v) is 6.05. The molecule has 0 spiro atoms. The Hall–Kier alpha value is -1.13. The second-order valence-corrected chi connectivity index (χ2v) is 4.79. The molecule has 4 heteroatoms. The van der Waals surface area contributed by atoms with Crippen molar-refractivity contribution in [1.82, 2.24) is 10.3 Å². The Morgan fingerprint density at radius 3 is 2.76 bits per heavy atom. The van der Waals surface area contributed by atoms with Crippen molar-refractivity contribution in [2.75, 3.05) is 13.7 Å². The molecule has 17 heavy (non-hydrogen) atoms. The van der Waals surface area contributed by atoms with Gasteiger partial charge in [0, 0.05) is 29.9 Å². The highest BCUT2D eigenvalue weighted by atomic mass is 16.5. The molecule has 0 saturated heterocycles. The van der Waals surface area contributed by atoms with Gasteiger partial charge in [-0.05, 0) is 26.2 Å². The highest BCUT2D eigenvalue weighted by Crippen LogP contribution is 2.31. The fourth-order valence-corrected chi connectivity index (χ4v) is 2.18. The maximum atomic E-state index is 9.36. The molecule has 0 amide bonds. The predicted octanol–water partition coefficient (Wildman–Crippen LogP) is 1.40. The van der Waals surface area contributed by atoms with Crippen LogP contribution in [0.25, 0.3) is 0 Å². The summed E-state index contributed by atoms with van der Waals surface area (Å²) in [4.78, 5) is 4.45. The Labute approximate surface area is 102 Å². The van der Waals surface area contributed by atoms with Crippen LogP contribution < -0.4 is 10.1 Å². The molecule has 0 unspecified atom stereocenters. The standard InChI is InChI=1S/C13H20N2O2/c1-10-6-12(17-2)7-11(15-10)8-14-13(9-16)4-3-5-13/h6-7,14,16H,3-5,8-9H2,1-2H3. The van der Waals surface area contributed by atoms with Gasteiger partial charge in [-0.2, -0.15) is 0 Å². The Bertz CT molecular complexity index is 383. The van der Waals surface area contributed by atoms with E-state index in [9.17, 15) is 5.11 Å². The topological polar surface area (TPSA) is 54.4 Å². The van der Waals surface area contributed by atoms with Gasteiger partial charge in [-0.15, -0.1) is 0 Å². The molecule has 1 aromatic heterocycles. The van der Waals surface area contributed by atoms with Gasteiger partial charge in [0.2, 0.25) is 0 Å². The molecule has 0 aromatic carbocycles. The summed E-state index contributed by atoms with van der Waals surface area (Å²) in [6.07, 6.45) is 3.29. The van der Waals surface area contributed by atoms with E-state index in [0.29, 0.717) is 6.54 Å². The first-order valence-electron chi connectivity index (χ1n) is 6.05. The van der Waals surface area contributed by atoms with Crippen molar-refractivity contribution in [3.63, 3.8) is 0 Å². The lowest BCUT2D eigenvalue weighted by Gasteiger charge is -2.41. The van der Waals surface area contributed by atoms with Crippen LogP contribution in [0.3, 0.4) is 0 Å². The van der Waals surface area contributed by atoms with Crippen molar-refractivity contribution in [1.29, 1.82) is 0 Å². The molecule has 2 rings (SSSR count). The number of pyridine rings is 1. The molecule has 1 saturated carbocycles. The Balaban J connectivity index is 2.01. The summed E-state index contributed by atoms with van der Waals surface area (Å²) in [5, 5.41) is 12.8. The first-order chi connectivity index (χ1) is 8.17. The minimum Gasteiger partial charge on any atom is -0.497 e. The number of nitrogens with one attached hydrogen (secondary N) is 1. The molecule has 1 fully saturated rings. The van der Waals surface area contributed by atoms with Gasteiger partial charge >= 0.3 is 0 Å². The van der Waals surface area contributed by atoms with Gasteiger partial charge in [0.25, 0.3) is 0 Å². The van der Waals surface area contributed by atoms with Crippen molar-refractivity contribution in [3.8, 4) is 5.75 Å². The van der Waals surface area contributed by atoms with Gasteiger partial charge in [-0.1, -0.05) is 0 Å². The zero-order chi connectivity index (χ0) is 12.3. The molecule has 0 atom stereocenters. The molecular weight excluding hydrogens is 216 g/mol. The first kappa shape index (κ1) is 12.3. The SMILES string of the molecule is COc1cc(C)nc(CNC2(CO)CCC2)c1. The highest BCUT2D eigenvalue weighted by Gasteiger charge is 2.35. The number of aliphatic hydroxyl groups is 1. The smallest absolute Gasteiger partial charge is 0.122 e. The van der Waals surface area contributed by atoms with Gasteiger partial charge in [0.05, 0.1) is 19.4 Å². The molecule has 4 nitrogen and oxygen atoms in total. The molecule has 1 aromatic rings. The van der Waals surface area contributed by atoms with Gasteiger partial charge in [0.1, 0.15) is 5.75 Å². The van der Waals surface area contributed by atoms with E-state index >= 15 is 0 Å². The van der Waals surface area contributed by atoms with Crippen LogP contribution in [0.5, 0.6) is 5.75 Å². The van der Waals surface area contributed by atoms with Crippen LogP contribution in [-0.4, -0.2) is 29.3 Å². The van der Waals surface area contributed by atoms with Crippen molar-refractivity contribution >= 4 is 0 Å². The van der Waals surface area contributed by atoms with Crippen LogP contribution in [0.4, 0.5) is 0 Å². The molecule has 0 radical (unpaired) electrons. The number of rotatable bonds is 5. The summed E-state index contributed by atoms with van der Waals surface area (Å²) in [5.41, 5.74) is 1.84. The number of aliphatic hydroxyl groups excluding tert-OH is 1. The quantitative estimate of drug-likeness (QED) is 0.811. The number of hydrogen-bond acceptors (Lipinski definition) is 4. The molecular formula is C13H20N2O2. The summed E-state index contributed by atoms with van der Waals surface area (Å²) in [6.45, 7) is 2.84. The lowest BCUT2D eigenvalue weighted by molar-refractivity contribution is 0.0868. The highest BCUT2D eigenvalue weighted by molar-refractivity contribution is 5.26. The molecule has 0 aliphatic heterocycles. The van der Waals surface area contributed by atoms with Crippen LogP contribution in [0.15, 0.2) is 12.1 Å². The van der Waals surface area contributed by atoms with E-state index in [1.165, 1.54) is 6.42 Å². The molecule has 94 valence electrons. The zero-order valence-electron chi connectivity index (χ0n) is 10.5.